The van der Waals surface area contributed by atoms with Gasteiger partial charge in [0.05, 0.1) is 13.0 Å². The third-order valence-electron chi connectivity index (χ3n) is 5.49. The highest BCUT2D eigenvalue weighted by Crippen LogP contribution is 2.15. The fourth-order valence-electron chi connectivity index (χ4n) is 3.49. The number of hydrogen-bond acceptors (Lipinski definition) is 5. The molecule has 0 fully saturated rings. The van der Waals surface area contributed by atoms with Gasteiger partial charge in [-0.05, 0) is 48.5 Å². The van der Waals surface area contributed by atoms with Gasteiger partial charge in [0.1, 0.15) is 6.54 Å². The van der Waals surface area contributed by atoms with Gasteiger partial charge in [-0.25, -0.2) is 4.79 Å². The summed E-state index contributed by atoms with van der Waals surface area (Å²) in [5, 5.41) is 17.1. The zero-order valence-corrected chi connectivity index (χ0v) is 23.3. The standard InChI is InChI=1S/C28H29N5O6.C2H6/c1-32(25(35)19-33(17-16-26(36)37)27(38)20-8-4-2-5-9-20)18-24(34)29-22-12-14-23(15-13-22)31-28(39)30-21-10-6-3-7-11-21;1-2/h2-15H,16-19H2,1H3,(H,29,34)(H,36,37)(H2,30,31,39);1-2H3. The Morgan fingerprint density at radius 3 is 1.71 bits per heavy atom. The number of para-hydroxylation sites is 1. The van der Waals surface area contributed by atoms with Crippen LogP contribution >= 0.6 is 0 Å². The van der Waals surface area contributed by atoms with Crippen LogP contribution in [0.25, 0.3) is 0 Å². The van der Waals surface area contributed by atoms with Gasteiger partial charge in [-0.15, -0.1) is 0 Å². The van der Waals surface area contributed by atoms with Gasteiger partial charge in [-0.2, -0.15) is 0 Å². The number of nitrogens with one attached hydrogen (secondary N) is 3. The summed E-state index contributed by atoms with van der Waals surface area (Å²) >= 11 is 0. The number of benzene rings is 3. The maximum Gasteiger partial charge on any atom is 0.323 e. The third kappa shape index (κ3) is 11.2. The molecule has 0 spiro atoms. The molecule has 0 aliphatic rings. The minimum absolute atomic E-state index is 0.154. The van der Waals surface area contributed by atoms with Crippen molar-refractivity contribution in [2.24, 2.45) is 0 Å². The smallest absolute Gasteiger partial charge is 0.323 e. The van der Waals surface area contributed by atoms with Crippen LogP contribution in [0, 0.1) is 0 Å². The van der Waals surface area contributed by atoms with Crippen molar-refractivity contribution in [3.05, 3.63) is 90.5 Å². The first-order valence-corrected chi connectivity index (χ1v) is 13.0. The van der Waals surface area contributed by atoms with Crippen molar-refractivity contribution >= 4 is 46.8 Å². The van der Waals surface area contributed by atoms with E-state index in [1.54, 1.807) is 78.9 Å². The normalized spacial score (nSPS) is 9.83. The van der Waals surface area contributed by atoms with E-state index in [0.717, 1.165) is 9.80 Å². The van der Waals surface area contributed by atoms with Crippen molar-refractivity contribution in [3.8, 4) is 0 Å². The van der Waals surface area contributed by atoms with Crippen molar-refractivity contribution in [1.82, 2.24) is 9.80 Å². The first-order chi connectivity index (χ1) is 19.7. The summed E-state index contributed by atoms with van der Waals surface area (Å²) in [6.45, 7) is 3.18. The Hall–Kier alpha value is -5.19. The highest BCUT2D eigenvalue weighted by Gasteiger charge is 2.22. The molecule has 0 aliphatic heterocycles. The number of carboxylic acid groups (broad SMARTS) is 1. The zero-order valence-electron chi connectivity index (χ0n) is 23.3. The number of hydrogen-bond donors (Lipinski definition) is 4. The predicted octanol–water partition coefficient (Wildman–Crippen LogP) is 4.37. The van der Waals surface area contributed by atoms with Crippen LogP contribution in [0.3, 0.4) is 0 Å². The van der Waals surface area contributed by atoms with Gasteiger partial charge in [0.25, 0.3) is 5.91 Å². The summed E-state index contributed by atoms with van der Waals surface area (Å²) in [6, 6.07) is 23.2. The van der Waals surface area contributed by atoms with Crippen LogP contribution in [0.4, 0.5) is 21.9 Å². The highest BCUT2D eigenvalue weighted by molar-refractivity contribution is 6.00. The van der Waals surface area contributed by atoms with E-state index in [1.807, 2.05) is 19.9 Å². The van der Waals surface area contributed by atoms with E-state index in [1.165, 1.54) is 7.05 Å². The quantitative estimate of drug-likeness (QED) is 0.273. The SMILES string of the molecule is CC.CN(CC(=O)Nc1ccc(NC(=O)Nc2ccccc2)cc1)C(=O)CN(CCC(=O)O)C(=O)c1ccccc1. The van der Waals surface area contributed by atoms with Crippen LogP contribution in [0.5, 0.6) is 0 Å². The average molecular weight is 562 g/mol. The zero-order chi connectivity index (χ0) is 30.2. The second kappa shape index (κ2) is 16.7. The highest BCUT2D eigenvalue weighted by atomic mass is 16.4. The lowest BCUT2D eigenvalue weighted by Gasteiger charge is -2.25. The monoisotopic (exact) mass is 561 g/mol. The molecule has 11 heteroatoms. The van der Waals surface area contributed by atoms with Gasteiger partial charge < -0.3 is 30.9 Å². The molecule has 0 radical (unpaired) electrons. The fraction of sp³-hybridized carbons (Fsp3) is 0.233. The largest absolute Gasteiger partial charge is 0.481 e. The molecule has 4 N–H and O–H groups in total. The second-order valence-corrected chi connectivity index (χ2v) is 8.56. The van der Waals surface area contributed by atoms with Crippen LogP contribution < -0.4 is 16.0 Å². The van der Waals surface area contributed by atoms with Crippen LogP contribution in [0.15, 0.2) is 84.9 Å². The molecule has 0 bridgehead atoms. The number of carboxylic acids is 1. The molecule has 0 heterocycles. The lowest BCUT2D eigenvalue weighted by Crippen LogP contribution is -2.44. The molecule has 41 heavy (non-hydrogen) atoms. The molecule has 0 unspecified atom stereocenters. The number of carbonyl (C=O) groups excluding carboxylic acids is 4. The van der Waals surface area contributed by atoms with Gasteiger partial charge in [0.15, 0.2) is 0 Å². The lowest BCUT2D eigenvalue weighted by atomic mass is 10.2. The Kier molecular flexibility index (Phi) is 13.0. The molecule has 0 saturated carbocycles. The number of carbonyl (C=O) groups is 5. The summed E-state index contributed by atoms with van der Waals surface area (Å²) < 4.78 is 0. The number of anilines is 3. The molecule has 0 atom stereocenters. The minimum Gasteiger partial charge on any atom is -0.481 e. The lowest BCUT2D eigenvalue weighted by molar-refractivity contribution is -0.138. The number of nitrogens with zero attached hydrogens (tertiary/aromatic N) is 2. The molecule has 0 aromatic heterocycles. The van der Waals surface area contributed by atoms with E-state index < -0.39 is 29.7 Å². The fourth-order valence-corrected chi connectivity index (χ4v) is 3.49. The van der Waals surface area contributed by atoms with E-state index in [2.05, 4.69) is 16.0 Å². The van der Waals surface area contributed by atoms with Crippen molar-refractivity contribution in [3.63, 3.8) is 0 Å². The number of urea groups is 1. The van der Waals surface area contributed by atoms with Gasteiger partial charge in [0, 0.05) is 36.2 Å². The maximum atomic E-state index is 12.8. The maximum absolute atomic E-state index is 12.8. The Morgan fingerprint density at radius 2 is 1.17 bits per heavy atom. The molecule has 11 nitrogen and oxygen atoms in total. The van der Waals surface area contributed by atoms with Gasteiger partial charge in [-0.3, -0.25) is 19.2 Å². The number of rotatable bonds is 11. The summed E-state index contributed by atoms with van der Waals surface area (Å²) in [6.07, 6.45) is -0.325. The summed E-state index contributed by atoms with van der Waals surface area (Å²) in [7, 11) is 1.42. The molecule has 0 aliphatic carbocycles. The molecule has 3 rings (SSSR count). The number of aliphatic carboxylic acids is 1. The number of likely N-dealkylation sites (N-methyl/N-ethyl adjacent to an activating group) is 1. The summed E-state index contributed by atoms with van der Waals surface area (Å²) in [5.41, 5.74) is 1.94. The average Bonchev–Trinajstić information content (AvgIpc) is 2.97. The topological polar surface area (TPSA) is 148 Å². The van der Waals surface area contributed by atoms with E-state index in [-0.39, 0.29) is 26.1 Å². The van der Waals surface area contributed by atoms with Crippen LogP contribution in [0.2, 0.25) is 0 Å². The van der Waals surface area contributed by atoms with E-state index in [0.29, 0.717) is 22.6 Å². The molecule has 216 valence electrons. The van der Waals surface area contributed by atoms with Crippen molar-refractivity contribution in [2.45, 2.75) is 20.3 Å². The van der Waals surface area contributed by atoms with Gasteiger partial charge in [0.2, 0.25) is 11.8 Å². The van der Waals surface area contributed by atoms with Crippen LogP contribution in [0.1, 0.15) is 30.6 Å². The third-order valence-corrected chi connectivity index (χ3v) is 5.49. The molecular formula is C30H35N5O6. The van der Waals surface area contributed by atoms with Crippen molar-refractivity contribution in [1.29, 1.82) is 0 Å². The molecule has 5 amide bonds. The molecule has 3 aromatic rings. The van der Waals surface area contributed by atoms with E-state index >= 15 is 0 Å². The minimum atomic E-state index is -1.10. The molecule has 0 saturated heterocycles. The Bertz CT molecular complexity index is 1300. The summed E-state index contributed by atoms with van der Waals surface area (Å²) in [4.78, 5) is 63.6. The van der Waals surface area contributed by atoms with Crippen LogP contribution in [-0.4, -0.2) is 71.3 Å². The predicted molar refractivity (Wildman–Crippen MR) is 158 cm³/mol. The van der Waals surface area contributed by atoms with Crippen molar-refractivity contribution in [2.75, 3.05) is 42.6 Å². The second-order valence-electron chi connectivity index (χ2n) is 8.56. The van der Waals surface area contributed by atoms with E-state index in [9.17, 15) is 24.0 Å². The first-order valence-electron chi connectivity index (χ1n) is 13.0. The van der Waals surface area contributed by atoms with E-state index in [4.69, 9.17) is 5.11 Å². The summed E-state index contributed by atoms with van der Waals surface area (Å²) in [5.74, 6) is -2.57. The Morgan fingerprint density at radius 1 is 0.683 bits per heavy atom. The number of amides is 5. The first kappa shape index (κ1) is 32.0. The Balaban J connectivity index is 0.00000287. The Labute approximate surface area is 239 Å². The molecule has 3 aromatic carbocycles. The molecular weight excluding hydrogens is 526 g/mol. The van der Waals surface area contributed by atoms with Gasteiger partial charge >= 0.3 is 12.0 Å². The van der Waals surface area contributed by atoms with Crippen LogP contribution in [-0.2, 0) is 14.4 Å². The van der Waals surface area contributed by atoms with Crippen molar-refractivity contribution < 1.29 is 29.1 Å². The van der Waals surface area contributed by atoms with Gasteiger partial charge in [-0.1, -0.05) is 50.2 Å².